The molecule has 2 aromatic rings. The molecule has 1 aliphatic rings. The van der Waals surface area contributed by atoms with Crippen LogP contribution in [-0.2, 0) is 11.3 Å². The maximum absolute atomic E-state index is 12.8. The molecule has 1 aromatic heterocycles. The molecule has 0 bridgehead atoms. The Labute approximate surface area is 182 Å². The standard InChI is InChI=1S/C22H30ClN5O2/c1-3-4-12-28-21(23)20(16(2)26-28)22(30)25-18-10-13-27(14-11-18)15-19(29)24-17-8-6-5-7-9-17/h5-9,18H,3-4,10-15H2,1-2H3,(H,24,29)(H,25,30). The van der Waals surface area contributed by atoms with Gasteiger partial charge in [-0.1, -0.05) is 43.1 Å². The Kier molecular flexibility index (Phi) is 7.87. The Hall–Kier alpha value is -2.38. The highest BCUT2D eigenvalue weighted by Crippen LogP contribution is 2.21. The fourth-order valence-electron chi connectivity index (χ4n) is 3.69. The molecule has 7 nitrogen and oxygen atoms in total. The lowest BCUT2D eigenvalue weighted by Crippen LogP contribution is -2.46. The highest BCUT2D eigenvalue weighted by molar-refractivity contribution is 6.33. The van der Waals surface area contributed by atoms with Crippen molar-refractivity contribution in [2.75, 3.05) is 25.0 Å². The lowest BCUT2D eigenvalue weighted by atomic mass is 10.0. The van der Waals surface area contributed by atoms with Crippen molar-refractivity contribution >= 4 is 29.1 Å². The van der Waals surface area contributed by atoms with Crippen molar-refractivity contribution in [3.8, 4) is 0 Å². The van der Waals surface area contributed by atoms with Gasteiger partial charge in [-0.2, -0.15) is 5.10 Å². The van der Waals surface area contributed by atoms with E-state index in [9.17, 15) is 9.59 Å². The molecule has 0 spiro atoms. The van der Waals surface area contributed by atoms with Crippen LogP contribution in [0.2, 0.25) is 5.15 Å². The SMILES string of the molecule is CCCCn1nc(C)c(C(=O)NC2CCN(CC(=O)Nc3ccccc3)CC2)c1Cl. The number of halogens is 1. The third kappa shape index (κ3) is 5.83. The minimum atomic E-state index is -0.166. The second-order valence-corrected chi connectivity index (χ2v) is 8.12. The normalized spacial score (nSPS) is 15.2. The number of anilines is 1. The summed E-state index contributed by atoms with van der Waals surface area (Å²) >= 11 is 6.41. The van der Waals surface area contributed by atoms with Gasteiger partial charge in [0.15, 0.2) is 0 Å². The number of benzene rings is 1. The van der Waals surface area contributed by atoms with Gasteiger partial charge >= 0.3 is 0 Å². The number of para-hydroxylation sites is 1. The number of carbonyl (C=O) groups is 2. The first kappa shape index (κ1) is 22.3. The van der Waals surface area contributed by atoms with Gasteiger partial charge < -0.3 is 10.6 Å². The van der Waals surface area contributed by atoms with Crippen LogP contribution >= 0.6 is 11.6 Å². The van der Waals surface area contributed by atoms with Gasteiger partial charge in [0.2, 0.25) is 5.91 Å². The predicted molar refractivity (Wildman–Crippen MR) is 119 cm³/mol. The summed E-state index contributed by atoms with van der Waals surface area (Å²) in [4.78, 5) is 27.1. The summed E-state index contributed by atoms with van der Waals surface area (Å²) in [6, 6.07) is 9.52. The third-order valence-electron chi connectivity index (χ3n) is 5.36. The predicted octanol–water partition coefficient (Wildman–Crippen LogP) is 3.48. The Balaban J connectivity index is 1.47. The van der Waals surface area contributed by atoms with E-state index < -0.39 is 0 Å². The molecule has 2 amide bonds. The van der Waals surface area contributed by atoms with Gasteiger partial charge in [0.05, 0.1) is 17.8 Å². The maximum atomic E-state index is 12.8. The third-order valence-corrected chi connectivity index (χ3v) is 5.75. The number of nitrogens with one attached hydrogen (secondary N) is 2. The van der Waals surface area contributed by atoms with Crippen LogP contribution in [0.15, 0.2) is 30.3 Å². The van der Waals surface area contributed by atoms with Crippen LogP contribution < -0.4 is 10.6 Å². The monoisotopic (exact) mass is 431 g/mol. The Morgan fingerprint density at radius 1 is 1.20 bits per heavy atom. The maximum Gasteiger partial charge on any atom is 0.256 e. The molecule has 1 fully saturated rings. The van der Waals surface area contributed by atoms with Crippen LogP contribution in [0, 0.1) is 6.92 Å². The van der Waals surface area contributed by atoms with Crippen LogP contribution in [-0.4, -0.2) is 52.2 Å². The molecule has 0 atom stereocenters. The zero-order valence-electron chi connectivity index (χ0n) is 17.7. The van der Waals surface area contributed by atoms with Crippen molar-refractivity contribution < 1.29 is 9.59 Å². The van der Waals surface area contributed by atoms with Gasteiger partial charge in [0, 0.05) is 31.4 Å². The lowest BCUT2D eigenvalue weighted by Gasteiger charge is -2.31. The molecule has 0 aliphatic carbocycles. The van der Waals surface area contributed by atoms with E-state index in [4.69, 9.17) is 11.6 Å². The number of unbranched alkanes of at least 4 members (excludes halogenated alkanes) is 1. The summed E-state index contributed by atoms with van der Waals surface area (Å²) in [6.07, 6.45) is 3.60. The Morgan fingerprint density at radius 2 is 1.90 bits per heavy atom. The van der Waals surface area contributed by atoms with E-state index >= 15 is 0 Å². The van der Waals surface area contributed by atoms with Gasteiger partial charge in [0.25, 0.3) is 5.91 Å². The first-order chi connectivity index (χ1) is 14.5. The zero-order chi connectivity index (χ0) is 21.5. The number of rotatable bonds is 8. The fourth-order valence-corrected chi connectivity index (χ4v) is 4.03. The number of hydrogen-bond acceptors (Lipinski definition) is 4. The number of carbonyl (C=O) groups excluding carboxylic acids is 2. The number of nitrogens with zero attached hydrogens (tertiary/aromatic N) is 3. The molecular weight excluding hydrogens is 402 g/mol. The number of hydrogen-bond donors (Lipinski definition) is 2. The van der Waals surface area contributed by atoms with Crippen LogP contribution in [0.1, 0.15) is 48.7 Å². The highest BCUT2D eigenvalue weighted by Gasteiger charge is 2.26. The average molecular weight is 432 g/mol. The van der Waals surface area contributed by atoms with E-state index in [0.717, 1.165) is 44.5 Å². The van der Waals surface area contributed by atoms with E-state index in [1.807, 2.05) is 37.3 Å². The zero-order valence-corrected chi connectivity index (χ0v) is 18.4. The summed E-state index contributed by atoms with van der Waals surface area (Å²) < 4.78 is 1.71. The Morgan fingerprint density at radius 3 is 2.57 bits per heavy atom. The number of aryl methyl sites for hydroxylation is 2. The van der Waals surface area contributed by atoms with Crippen molar-refractivity contribution in [3.05, 3.63) is 46.7 Å². The van der Waals surface area contributed by atoms with Crippen LogP contribution in [0.5, 0.6) is 0 Å². The molecule has 8 heteroatoms. The lowest BCUT2D eigenvalue weighted by molar-refractivity contribution is -0.117. The van der Waals surface area contributed by atoms with Gasteiger partial charge in [-0.15, -0.1) is 0 Å². The van der Waals surface area contributed by atoms with Crippen LogP contribution in [0.3, 0.4) is 0 Å². The van der Waals surface area contributed by atoms with E-state index in [-0.39, 0.29) is 17.9 Å². The second kappa shape index (κ2) is 10.6. The average Bonchev–Trinajstić information content (AvgIpc) is 3.01. The molecule has 0 unspecified atom stereocenters. The molecule has 1 saturated heterocycles. The second-order valence-electron chi connectivity index (χ2n) is 7.77. The van der Waals surface area contributed by atoms with E-state index in [0.29, 0.717) is 29.5 Å². The van der Waals surface area contributed by atoms with Crippen molar-refractivity contribution in [2.45, 2.75) is 52.1 Å². The Bertz CT molecular complexity index is 860. The number of piperidine rings is 1. The summed E-state index contributed by atoms with van der Waals surface area (Å²) in [7, 11) is 0. The van der Waals surface area contributed by atoms with Crippen LogP contribution in [0.4, 0.5) is 5.69 Å². The molecular formula is C22H30ClN5O2. The molecule has 1 aromatic carbocycles. The molecule has 0 saturated carbocycles. The minimum absolute atomic E-state index is 0.0226. The van der Waals surface area contributed by atoms with E-state index in [1.165, 1.54) is 0 Å². The number of aromatic nitrogens is 2. The molecule has 2 heterocycles. The van der Waals surface area contributed by atoms with Gasteiger partial charge in [0.1, 0.15) is 5.15 Å². The number of amides is 2. The molecule has 30 heavy (non-hydrogen) atoms. The van der Waals surface area contributed by atoms with Gasteiger partial charge in [-0.25, -0.2) is 0 Å². The summed E-state index contributed by atoms with van der Waals surface area (Å²) in [5.41, 5.74) is 1.93. The fraction of sp³-hybridized carbons (Fsp3) is 0.500. The van der Waals surface area contributed by atoms with Crippen molar-refractivity contribution in [1.29, 1.82) is 0 Å². The topological polar surface area (TPSA) is 79.3 Å². The number of likely N-dealkylation sites (tertiary alicyclic amines) is 1. The highest BCUT2D eigenvalue weighted by atomic mass is 35.5. The minimum Gasteiger partial charge on any atom is -0.349 e. The molecule has 0 radical (unpaired) electrons. The molecule has 1 aliphatic heterocycles. The summed E-state index contributed by atoms with van der Waals surface area (Å²) in [5.74, 6) is -0.189. The molecule has 3 rings (SSSR count). The van der Waals surface area contributed by atoms with Gasteiger partial charge in [-0.3, -0.25) is 19.2 Å². The largest absolute Gasteiger partial charge is 0.349 e. The first-order valence-electron chi connectivity index (χ1n) is 10.6. The molecule has 162 valence electrons. The summed E-state index contributed by atoms with van der Waals surface area (Å²) in [6.45, 7) is 6.51. The first-order valence-corrected chi connectivity index (χ1v) is 11.0. The quantitative estimate of drug-likeness (QED) is 0.670. The smallest absolute Gasteiger partial charge is 0.256 e. The van der Waals surface area contributed by atoms with Gasteiger partial charge in [-0.05, 0) is 38.3 Å². The molecule has 2 N–H and O–H groups in total. The van der Waals surface area contributed by atoms with Crippen molar-refractivity contribution in [2.24, 2.45) is 0 Å². The van der Waals surface area contributed by atoms with Crippen molar-refractivity contribution in [3.63, 3.8) is 0 Å². The van der Waals surface area contributed by atoms with Crippen LogP contribution in [0.25, 0.3) is 0 Å². The van der Waals surface area contributed by atoms with E-state index in [1.54, 1.807) is 4.68 Å². The van der Waals surface area contributed by atoms with E-state index in [2.05, 4.69) is 27.6 Å². The summed E-state index contributed by atoms with van der Waals surface area (Å²) in [5, 5.41) is 10.8. The van der Waals surface area contributed by atoms with Crippen molar-refractivity contribution in [1.82, 2.24) is 20.0 Å².